The Hall–Kier alpha value is -2.57. The molecule has 0 bridgehead atoms. The van der Waals surface area contributed by atoms with E-state index in [1.807, 2.05) is 10.3 Å². The van der Waals surface area contributed by atoms with Crippen molar-refractivity contribution >= 4 is 39.1 Å². The van der Waals surface area contributed by atoms with Gasteiger partial charge in [0.2, 0.25) is 0 Å². The first-order valence-corrected chi connectivity index (χ1v) is 10.7. The summed E-state index contributed by atoms with van der Waals surface area (Å²) in [4.78, 5) is 24.1. The maximum Gasteiger partial charge on any atom is 0.338 e. The molecule has 0 N–H and O–H groups in total. The number of nitrogens with zero attached hydrogens (tertiary/aromatic N) is 4. The zero-order chi connectivity index (χ0) is 20.5. The van der Waals surface area contributed by atoms with Crippen LogP contribution >= 0.6 is 27.3 Å². The summed E-state index contributed by atoms with van der Waals surface area (Å²) in [6.07, 6.45) is 2.11. The van der Waals surface area contributed by atoms with Crippen molar-refractivity contribution in [3.8, 4) is 6.07 Å². The predicted octanol–water partition coefficient (Wildman–Crippen LogP) is 4.21. The van der Waals surface area contributed by atoms with Gasteiger partial charge in [0.15, 0.2) is 10.8 Å². The quantitative estimate of drug-likeness (QED) is 0.620. The summed E-state index contributed by atoms with van der Waals surface area (Å²) < 4.78 is 19.5. The van der Waals surface area contributed by atoms with Gasteiger partial charge in [-0.25, -0.2) is 14.2 Å². The molecule has 2 aliphatic heterocycles. The van der Waals surface area contributed by atoms with Gasteiger partial charge in [-0.3, -0.25) is 4.99 Å². The van der Waals surface area contributed by atoms with Crippen molar-refractivity contribution in [2.75, 3.05) is 13.2 Å². The van der Waals surface area contributed by atoms with Gasteiger partial charge < -0.3 is 9.64 Å². The van der Waals surface area contributed by atoms with Crippen LogP contribution in [-0.4, -0.2) is 34.8 Å². The first-order chi connectivity index (χ1) is 14.0. The molecule has 2 atom stereocenters. The molecule has 2 aliphatic rings. The maximum atomic E-state index is 13.7. The Morgan fingerprint density at radius 3 is 3.00 bits per heavy atom. The molecule has 9 heteroatoms. The van der Waals surface area contributed by atoms with Crippen LogP contribution in [0.1, 0.15) is 30.0 Å². The molecule has 0 amide bonds. The van der Waals surface area contributed by atoms with E-state index in [2.05, 4.69) is 27.0 Å². The molecule has 0 saturated carbocycles. The van der Waals surface area contributed by atoms with E-state index in [1.165, 1.54) is 23.5 Å². The Kier molecular flexibility index (Phi) is 5.48. The van der Waals surface area contributed by atoms with Crippen LogP contribution in [-0.2, 0) is 9.53 Å². The van der Waals surface area contributed by atoms with Gasteiger partial charge in [-0.1, -0.05) is 22.0 Å². The molecule has 3 heterocycles. The minimum Gasteiger partial charge on any atom is -0.463 e. The number of hydrogen-bond acceptors (Lipinski definition) is 7. The van der Waals surface area contributed by atoms with E-state index in [-0.39, 0.29) is 12.5 Å². The number of esters is 1. The second kappa shape index (κ2) is 8.05. The third kappa shape index (κ3) is 3.58. The number of carbonyl (C=O) groups excluding carboxylic acids is 1. The lowest BCUT2D eigenvalue weighted by Crippen LogP contribution is -2.35. The largest absolute Gasteiger partial charge is 0.463 e. The number of ether oxygens (including phenoxy) is 1. The van der Waals surface area contributed by atoms with E-state index in [9.17, 15) is 14.4 Å². The minimum atomic E-state index is -0.688. The fourth-order valence-electron chi connectivity index (χ4n) is 3.60. The monoisotopic (exact) mass is 474 g/mol. The number of allylic oxidation sites excluding steroid dienone is 1. The van der Waals surface area contributed by atoms with Gasteiger partial charge in [-0.15, -0.1) is 11.3 Å². The van der Waals surface area contributed by atoms with Crippen LogP contribution in [0.15, 0.2) is 50.5 Å². The fourth-order valence-corrected chi connectivity index (χ4v) is 4.81. The van der Waals surface area contributed by atoms with Gasteiger partial charge in [0.25, 0.3) is 0 Å². The number of hydrogen-bond donors (Lipinski definition) is 0. The number of amidine groups is 1. The molecule has 2 aromatic rings. The van der Waals surface area contributed by atoms with Crippen LogP contribution < -0.4 is 0 Å². The summed E-state index contributed by atoms with van der Waals surface area (Å²) in [6.45, 7) is 2.39. The van der Waals surface area contributed by atoms with Crippen molar-refractivity contribution in [1.82, 2.24) is 9.88 Å². The number of aromatic nitrogens is 1. The number of fused-ring (bicyclic) bond motifs is 1. The predicted molar refractivity (Wildman–Crippen MR) is 110 cm³/mol. The van der Waals surface area contributed by atoms with E-state index >= 15 is 0 Å². The Bertz CT molecular complexity index is 1060. The SMILES string of the molecule is CCOC(=O)C1=C2C[C@@H](C#N)CN2C(c2nccs2)=N[C@@H]1c1ccc(F)cc1Br. The van der Waals surface area contributed by atoms with Gasteiger partial charge >= 0.3 is 5.97 Å². The summed E-state index contributed by atoms with van der Waals surface area (Å²) >= 11 is 4.84. The summed E-state index contributed by atoms with van der Waals surface area (Å²) in [6, 6.07) is 5.90. The zero-order valence-corrected chi connectivity index (χ0v) is 17.8. The highest BCUT2D eigenvalue weighted by atomic mass is 79.9. The molecule has 1 aromatic heterocycles. The third-order valence-corrected chi connectivity index (χ3v) is 6.27. The Labute approximate surface area is 179 Å². The number of rotatable bonds is 4. The van der Waals surface area contributed by atoms with Crippen LogP contribution in [0.2, 0.25) is 0 Å². The van der Waals surface area contributed by atoms with Crippen LogP contribution in [0.3, 0.4) is 0 Å². The molecule has 4 rings (SSSR count). The second-order valence-electron chi connectivity index (χ2n) is 6.58. The average molecular weight is 475 g/mol. The number of nitriles is 1. The molecule has 0 radical (unpaired) electrons. The average Bonchev–Trinajstić information content (AvgIpc) is 3.37. The van der Waals surface area contributed by atoms with Crippen molar-refractivity contribution in [3.63, 3.8) is 0 Å². The molecule has 1 aromatic carbocycles. The van der Waals surface area contributed by atoms with Crippen molar-refractivity contribution < 1.29 is 13.9 Å². The number of halogens is 2. The van der Waals surface area contributed by atoms with Crippen molar-refractivity contribution in [2.45, 2.75) is 19.4 Å². The van der Waals surface area contributed by atoms with Crippen molar-refractivity contribution in [2.24, 2.45) is 10.9 Å². The molecule has 6 nitrogen and oxygen atoms in total. The smallest absolute Gasteiger partial charge is 0.338 e. The lowest BCUT2D eigenvalue weighted by Gasteiger charge is -2.31. The number of carbonyl (C=O) groups is 1. The second-order valence-corrected chi connectivity index (χ2v) is 8.33. The molecule has 0 unspecified atom stereocenters. The lowest BCUT2D eigenvalue weighted by molar-refractivity contribution is -0.139. The van der Waals surface area contributed by atoms with E-state index in [1.54, 1.807) is 19.2 Å². The number of aliphatic imine (C=N–C) groups is 1. The molecular weight excluding hydrogens is 459 g/mol. The van der Waals surface area contributed by atoms with E-state index < -0.39 is 17.8 Å². The first-order valence-electron chi connectivity index (χ1n) is 9.03. The van der Waals surface area contributed by atoms with E-state index in [0.717, 1.165) is 5.70 Å². The van der Waals surface area contributed by atoms with Gasteiger partial charge in [0.05, 0.1) is 24.2 Å². The summed E-state index contributed by atoms with van der Waals surface area (Å²) in [5.41, 5.74) is 1.75. The Morgan fingerprint density at radius 2 is 2.34 bits per heavy atom. The van der Waals surface area contributed by atoms with Crippen molar-refractivity contribution in [3.05, 3.63) is 61.9 Å². The minimum absolute atomic E-state index is 0.220. The van der Waals surface area contributed by atoms with Crippen LogP contribution in [0.5, 0.6) is 0 Å². The lowest BCUT2D eigenvalue weighted by atomic mass is 9.94. The molecule has 29 heavy (non-hydrogen) atoms. The standard InChI is InChI=1S/C20H16BrFN4O2S/c1-2-28-20(27)16-15-7-11(9-23)10-26(15)18(19-24-5-6-29-19)25-17(16)13-4-3-12(22)8-14(13)21/h3-6,8,11,17H,2,7,10H2,1H3/t11-,17+/m0/s1. The molecule has 1 saturated heterocycles. The number of thiazole rings is 1. The molecule has 0 spiro atoms. The number of benzene rings is 1. The first kappa shape index (κ1) is 19.7. The Balaban J connectivity index is 1.92. The van der Waals surface area contributed by atoms with Crippen LogP contribution in [0.25, 0.3) is 0 Å². The normalized spacial score (nSPS) is 20.9. The highest BCUT2D eigenvalue weighted by molar-refractivity contribution is 9.10. The van der Waals surface area contributed by atoms with Crippen LogP contribution in [0, 0.1) is 23.1 Å². The molecular formula is C20H16BrFN4O2S. The molecule has 0 aliphatic carbocycles. The maximum absolute atomic E-state index is 13.7. The zero-order valence-electron chi connectivity index (χ0n) is 15.4. The van der Waals surface area contributed by atoms with Gasteiger partial charge in [-0.2, -0.15) is 5.26 Å². The highest BCUT2D eigenvalue weighted by Gasteiger charge is 2.42. The molecule has 1 fully saturated rings. The third-order valence-electron chi connectivity index (χ3n) is 4.82. The fraction of sp³-hybridized carbons (Fsp3) is 0.300. The summed E-state index contributed by atoms with van der Waals surface area (Å²) in [7, 11) is 0. The topological polar surface area (TPSA) is 78.6 Å². The highest BCUT2D eigenvalue weighted by Crippen LogP contribution is 2.43. The van der Waals surface area contributed by atoms with E-state index in [4.69, 9.17) is 9.73 Å². The summed E-state index contributed by atoms with van der Waals surface area (Å²) in [5.74, 6) is -0.524. The van der Waals surface area contributed by atoms with Crippen molar-refractivity contribution in [1.29, 1.82) is 5.26 Å². The van der Waals surface area contributed by atoms with E-state index in [0.29, 0.717) is 39.4 Å². The molecule has 148 valence electrons. The van der Waals surface area contributed by atoms with Gasteiger partial charge in [0.1, 0.15) is 11.9 Å². The van der Waals surface area contributed by atoms with Crippen LogP contribution in [0.4, 0.5) is 4.39 Å². The van der Waals surface area contributed by atoms with Gasteiger partial charge in [-0.05, 0) is 24.6 Å². The Morgan fingerprint density at radius 1 is 1.52 bits per heavy atom. The van der Waals surface area contributed by atoms with Gasteiger partial charge in [0, 0.05) is 34.7 Å². The summed E-state index contributed by atoms with van der Waals surface area (Å²) in [5, 5.41) is 12.0.